The maximum atomic E-state index is 12.0. The lowest BCUT2D eigenvalue weighted by Gasteiger charge is -2.25. The van der Waals surface area contributed by atoms with Crippen molar-refractivity contribution < 1.29 is 8.42 Å². The summed E-state index contributed by atoms with van der Waals surface area (Å²) in [6.07, 6.45) is 1.65. The van der Waals surface area contributed by atoms with E-state index in [1.807, 2.05) is 12.1 Å². The molecular formula is C12H16N2O2S. The number of benzene rings is 1. The summed E-state index contributed by atoms with van der Waals surface area (Å²) in [6.45, 7) is 2.40. The van der Waals surface area contributed by atoms with Gasteiger partial charge in [-0.05, 0) is 36.6 Å². The highest BCUT2D eigenvalue weighted by Gasteiger charge is 2.30. The van der Waals surface area contributed by atoms with Gasteiger partial charge in [-0.3, -0.25) is 4.31 Å². The molecule has 4 nitrogen and oxygen atoms in total. The van der Waals surface area contributed by atoms with E-state index in [2.05, 4.69) is 11.4 Å². The van der Waals surface area contributed by atoms with E-state index in [9.17, 15) is 8.42 Å². The van der Waals surface area contributed by atoms with Crippen molar-refractivity contribution in [3.05, 3.63) is 29.3 Å². The van der Waals surface area contributed by atoms with Crippen LogP contribution >= 0.6 is 0 Å². The fraction of sp³-hybridized carbons (Fsp3) is 0.500. The predicted molar refractivity (Wildman–Crippen MR) is 67.6 cm³/mol. The van der Waals surface area contributed by atoms with Gasteiger partial charge in [-0.2, -0.15) is 0 Å². The standard InChI is InChI=1S/C12H16N2O2S/c15-17(16)8-2-7-14(17)12-4-1-3-10-9-13-6-5-11(10)12/h1,3-4,13H,2,5-9H2. The van der Waals surface area contributed by atoms with Crippen molar-refractivity contribution in [2.24, 2.45) is 0 Å². The minimum absolute atomic E-state index is 0.287. The van der Waals surface area contributed by atoms with E-state index in [1.165, 1.54) is 11.1 Å². The molecule has 3 rings (SSSR count). The van der Waals surface area contributed by atoms with Crippen LogP contribution in [-0.4, -0.2) is 27.3 Å². The summed E-state index contributed by atoms with van der Waals surface area (Å²) in [5.74, 6) is 0.287. The molecular weight excluding hydrogens is 236 g/mol. The van der Waals surface area contributed by atoms with Crippen LogP contribution in [0.1, 0.15) is 17.5 Å². The molecule has 2 aliphatic rings. The summed E-state index contributed by atoms with van der Waals surface area (Å²) in [5.41, 5.74) is 3.34. The molecule has 92 valence electrons. The molecule has 5 heteroatoms. The van der Waals surface area contributed by atoms with Gasteiger partial charge in [0.05, 0.1) is 11.4 Å². The summed E-state index contributed by atoms with van der Waals surface area (Å²) in [7, 11) is -3.06. The largest absolute Gasteiger partial charge is 0.312 e. The molecule has 2 aliphatic heterocycles. The van der Waals surface area contributed by atoms with Crippen molar-refractivity contribution in [1.29, 1.82) is 0 Å². The van der Waals surface area contributed by atoms with Crippen molar-refractivity contribution in [3.8, 4) is 0 Å². The lowest BCUT2D eigenvalue weighted by atomic mass is 9.99. The van der Waals surface area contributed by atoms with Crippen LogP contribution in [0.15, 0.2) is 18.2 Å². The van der Waals surface area contributed by atoms with Crippen molar-refractivity contribution in [2.75, 3.05) is 23.1 Å². The van der Waals surface area contributed by atoms with Crippen molar-refractivity contribution in [3.63, 3.8) is 0 Å². The van der Waals surface area contributed by atoms with E-state index in [0.29, 0.717) is 6.54 Å². The minimum atomic E-state index is -3.06. The molecule has 0 bridgehead atoms. The monoisotopic (exact) mass is 252 g/mol. The number of hydrogen-bond acceptors (Lipinski definition) is 3. The molecule has 0 spiro atoms. The molecule has 0 atom stereocenters. The molecule has 0 amide bonds. The van der Waals surface area contributed by atoms with Crippen LogP contribution in [0.25, 0.3) is 0 Å². The zero-order valence-corrected chi connectivity index (χ0v) is 10.5. The van der Waals surface area contributed by atoms with Gasteiger partial charge in [-0.25, -0.2) is 8.42 Å². The van der Waals surface area contributed by atoms with Crippen molar-refractivity contribution >= 4 is 15.7 Å². The highest BCUT2D eigenvalue weighted by Crippen LogP contribution is 2.31. The third-order valence-corrected chi connectivity index (χ3v) is 5.34. The quantitative estimate of drug-likeness (QED) is 0.807. The fourth-order valence-corrected chi connectivity index (χ4v) is 4.25. The van der Waals surface area contributed by atoms with Gasteiger partial charge in [0.2, 0.25) is 10.0 Å². The molecule has 0 radical (unpaired) electrons. The predicted octanol–water partition coefficient (Wildman–Crippen LogP) is 0.872. The second-order valence-corrected chi connectivity index (χ2v) is 6.60. The summed E-state index contributed by atoms with van der Waals surface area (Å²) in [6, 6.07) is 5.97. The normalized spacial score (nSPS) is 22.5. The highest BCUT2D eigenvalue weighted by atomic mass is 32.2. The van der Waals surface area contributed by atoms with Crippen molar-refractivity contribution in [2.45, 2.75) is 19.4 Å². The molecule has 2 heterocycles. The van der Waals surface area contributed by atoms with Gasteiger partial charge >= 0.3 is 0 Å². The SMILES string of the molecule is O=S1(=O)CCCN1c1cccc2c1CCNC2. The van der Waals surface area contributed by atoms with Crippen LogP contribution in [0.3, 0.4) is 0 Å². The first-order chi connectivity index (χ1) is 8.18. The number of sulfonamides is 1. The first-order valence-corrected chi connectivity index (χ1v) is 7.61. The van der Waals surface area contributed by atoms with E-state index >= 15 is 0 Å². The second-order valence-electron chi connectivity index (χ2n) is 4.58. The maximum Gasteiger partial charge on any atom is 0.235 e. The average Bonchev–Trinajstić information content (AvgIpc) is 2.68. The first kappa shape index (κ1) is 11.0. The highest BCUT2D eigenvalue weighted by molar-refractivity contribution is 7.93. The lowest BCUT2D eigenvalue weighted by Crippen LogP contribution is -2.30. The van der Waals surface area contributed by atoms with Gasteiger partial charge in [-0.15, -0.1) is 0 Å². The van der Waals surface area contributed by atoms with Gasteiger partial charge in [0.25, 0.3) is 0 Å². The zero-order valence-electron chi connectivity index (χ0n) is 9.65. The molecule has 1 saturated heterocycles. The molecule has 17 heavy (non-hydrogen) atoms. The average molecular weight is 252 g/mol. The maximum absolute atomic E-state index is 12.0. The first-order valence-electron chi connectivity index (χ1n) is 6.00. The Bertz CT molecular complexity index is 539. The van der Waals surface area contributed by atoms with E-state index in [-0.39, 0.29) is 5.75 Å². The van der Waals surface area contributed by atoms with Crippen molar-refractivity contribution in [1.82, 2.24) is 5.32 Å². The summed E-state index contributed by atoms with van der Waals surface area (Å²) in [4.78, 5) is 0. The Morgan fingerprint density at radius 3 is 2.94 bits per heavy atom. The van der Waals surface area contributed by atoms with E-state index < -0.39 is 10.0 Å². The van der Waals surface area contributed by atoms with E-state index in [0.717, 1.165) is 31.6 Å². The molecule has 1 N–H and O–H groups in total. The molecule has 1 aromatic rings. The van der Waals surface area contributed by atoms with Gasteiger partial charge < -0.3 is 5.32 Å². The molecule has 0 saturated carbocycles. The summed E-state index contributed by atoms with van der Waals surface area (Å²) >= 11 is 0. The topological polar surface area (TPSA) is 49.4 Å². The molecule has 0 aliphatic carbocycles. The van der Waals surface area contributed by atoms with Gasteiger partial charge in [0.1, 0.15) is 0 Å². The lowest BCUT2D eigenvalue weighted by molar-refractivity contribution is 0.598. The minimum Gasteiger partial charge on any atom is -0.312 e. The Morgan fingerprint density at radius 2 is 2.18 bits per heavy atom. The molecule has 1 fully saturated rings. The molecule has 0 unspecified atom stereocenters. The molecule has 0 aromatic heterocycles. The summed E-state index contributed by atoms with van der Waals surface area (Å²) in [5, 5.41) is 3.31. The Balaban J connectivity index is 2.09. The third-order valence-electron chi connectivity index (χ3n) is 3.48. The Morgan fingerprint density at radius 1 is 1.29 bits per heavy atom. The number of rotatable bonds is 1. The van der Waals surface area contributed by atoms with Crippen LogP contribution in [0, 0.1) is 0 Å². The van der Waals surface area contributed by atoms with E-state index in [4.69, 9.17) is 0 Å². The number of fused-ring (bicyclic) bond motifs is 1. The summed E-state index contributed by atoms with van der Waals surface area (Å²) < 4.78 is 25.5. The number of hydrogen-bond donors (Lipinski definition) is 1. The molecule has 1 aromatic carbocycles. The smallest absolute Gasteiger partial charge is 0.235 e. The Labute approximate surface area is 102 Å². The Kier molecular flexibility index (Phi) is 2.60. The second kappa shape index (κ2) is 3.99. The number of nitrogens with one attached hydrogen (secondary N) is 1. The fourth-order valence-electron chi connectivity index (χ4n) is 2.66. The van der Waals surface area contributed by atoms with Crippen LogP contribution in [0.5, 0.6) is 0 Å². The van der Waals surface area contributed by atoms with Crippen LogP contribution in [0.4, 0.5) is 5.69 Å². The third kappa shape index (κ3) is 1.83. The number of nitrogens with zero attached hydrogens (tertiary/aromatic N) is 1. The van der Waals surface area contributed by atoms with Crippen LogP contribution in [0.2, 0.25) is 0 Å². The Hall–Kier alpha value is -1.07. The van der Waals surface area contributed by atoms with E-state index in [1.54, 1.807) is 4.31 Å². The van der Waals surface area contributed by atoms with Gasteiger partial charge in [0.15, 0.2) is 0 Å². The van der Waals surface area contributed by atoms with Gasteiger partial charge in [-0.1, -0.05) is 12.1 Å². The van der Waals surface area contributed by atoms with Crippen LogP contribution < -0.4 is 9.62 Å². The zero-order chi connectivity index (χ0) is 11.9. The number of anilines is 1. The van der Waals surface area contributed by atoms with Crippen LogP contribution in [-0.2, 0) is 23.0 Å². The van der Waals surface area contributed by atoms with Gasteiger partial charge in [0, 0.05) is 13.1 Å².